The average molecular weight is 158 g/mol. The van der Waals surface area contributed by atoms with Crippen LogP contribution in [0.5, 0.6) is 0 Å². The van der Waals surface area contributed by atoms with Crippen molar-refractivity contribution in [1.29, 1.82) is 0 Å². The number of hydrogen-bond acceptors (Lipinski definition) is 3. The normalized spacial score (nSPS) is 39.2. The van der Waals surface area contributed by atoms with Gasteiger partial charge >= 0.3 is 0 Å². The predicted octanol–water partition coefficient (Wildman–Crippen LogP) is 0.830. The lowest BCUT2D eigenvalue weighted by Crippen LogP contribution is -2.41. The fourth-order valence-corrected chi connectivity index (χ4v) is 1.32. The molecule has 0 saturated carbocycles. The summed E-state index contributed by atoms with van der Waals surface area (Å²) in [5.74, 6) is 0.142. The smallest absolute Gasteiger partial charge is 0.166 e. The lowest BCUT2D eigenvalue weighted by Gasteiger charge is -2.30. The summed E-state index contributed by atoms with van der Waals surface area (Å²) in [6.07, 6.45) is -0.335. The van der Waals surface area contributed by atoms with Crippen LogP contribution in [-0.4, -0.2) is 25.8 Å². The van der Waals surface area contributed by atoms with Gasteiger partial charge in [0, 0.05) is 13.0 Å². The summed E-state index contributed by atoms with van der Waals surface area (Å²) in [4.78, 5) is 11.3. The molecule has 3 heteroatoms. The number of rotatable bonds is 1. The highest BCUT2D eigenvalue weighted by atomic mass is 16.7. The Hall–Kier alpha value is -0.410. The lowest BCUT2D eigenvalue weighted by molar-refractivity contribution is -0.189. The third-order valence-electron chi connectivity index (χ3n) is 2.09. The maximum Gasteiger partial charge on any atom is 0.166 e. The fraction of sp³-hybridized carbons (Fsp3) is 0.875. The van der Waals surface area contributed by atoms with Crippen LogP contribution in [0.25, 0.3) is 0 Å². The Morgan fingerprint density at radius 2 is 2.18 bits per heavy atom. The van der Waals surface area contributed by atoms with Crippen molar-refractivity contribution in [2.24, 2.45) is 11.8 Å². The zero-order valence-corrected chi connectivity index (χ0v) is 7.16. The maximum atomic E-state index is 11.3. The van der Waals surface area contributed by atoms with Crippen molar-refractivity contribution in [1.82, 2.24) is 0 Å². The molecule has 0 amide bonds. The number of carbonyl (C=O) groups excluding carboxylic acids is 1. The molecule has 1 saturated heterocycles. The van der Waals surface area contributed by atoms with Gasteiger partial charge in [0.25, 0.3) is 0 Å². The van der Waals surface area contributed by atoms with Crippen molar-refractivity contribution in [2.45, 2.75) is 20.1 Å². The van der Waals surface area contributed by atoms with Crippen LogP contribution in [0.1, 0.15) is 13.8 Å². The molecule has 0 spiro atoms. The molecule has 1 fully saturated rings. The SMILES string of the molecule is CO[C@@H]1OC[C@H](C)C(=O)[C@@H]1C. The number of ether oxygens (including phenoxy) is 2. The Morgan fingerprint density at radius 3 is 2.73 bits per heavy atom. The van der Waals surface area contributed by atoms with E-state index in [0.29, 0.717) is 6.61 Å². The molecule has 1 aliphatic rings. The molecule has 0 radical (unpaired) electrons. The second kappa shape index (κ2) is 3.32. The van der Waals surface area contributed by atoms with E-state index in [1.54, 1.807) is 7.11 Å². The Kier molecular flexibility index (Phi) is 2.62. The minimum atomic E-state index is -0.335. The summed E-state index contributed by atoms with van der Waals surface area (Å²) in [5.41, 5.74) is 0. The summed E-state index contributed by atoms with van der Waals surface area (Å²) in [5, 5.41) is 0. The first kappa shape index (κ1) is 8.68. The molecule has 11 heavy (non-hydrogen) atoms. The quantitative estimate of drug-likeness (QED) is 0.567. The fourth-order valence-electron chi connectivity index (χ4n) is 1.32. The van der Waals surface area contributed by atoms with Crippen LogP contribution in [0.2, 0.25) is 0 Å². The van der Waals surface area contributed by atoms with E-state index < -0.39 is 0 Å². The van der Waals surface area contributed by atoms with Gasteiger partial charge in [-0.05, 0) is 0 Å². The number of methoxy groups -OCH3 is 1. The average Bonchev–Trinajstić information content (AvgIpc) is 2.01. The van der Waals surface area contributed by atoms with E-state index in [1.165, 1.54) is 0 Å². The molecule has 0 aromatic heterocycles. The van der Waals surface area contributed by atoms with Crippen molar-refractivity contribution in [3.05, 3.63) is 0 Å². The molecule has 3 atom stereocenters. The van der Waals surface area contributed by atoms with Crippen LogP contribution in [0.3, 0.4) is 0 Å². The minimum Gasteiger partial charge on any atom is -0.355 e. The van der Waals surface area contributed by atoms with Crippen molar-refractivity contribution in [3.63, 3.8) is 0 Å². The molecule has 0 N–H and O–H groups in total. The molecule has 1 rings (SSSR count). The first-order valence-corrected chi connectivity index (χ1v) is 3.85. The Balaban J connectivity index is 2.59. The molecule has 3 nitrogen and oxygen atoms in total. The van der Waals surface area contributed by atoms with E-state index in [4.69, 9.17) is 9.47 Å². The van der Waals surface area contributed by atoms with Crippen LogP contribution in [0, 0.1) is 11.8 Å². The summed E-state index contributed by atoms with van der Waals surface area (Å²) >= 11 is 0. The third-order valence-corrected chi connectivity index (χ3v) is 2.09. The van der Waals surface area contributed by atoms with E-state index in [2.05, 4.69) is 0 Å². The topological polar surface area (TPSA) is 35.5 Å². The predicted molar refractivity (Wildman–Crippen MR) is 40.1 cm³/mol. The Labute approximate surface area is 66.7 Å². The number of carbonyl (C=O) groups is 1. The number of ketones is 1. The van der Waals surface area contributed by atoms with Crippen molar-refractivity contribution < 1.29 is 14.3 Å². The van der Waals surface area contributed by atoms with Crippen molar-refractivity contribution in [3.8, 4) is 0 Å². The van der Waals surface area contributed by atoms with Gasteiger partial charge in [0.1, 0.15) is 5.78 Å². The highest BCUT2D eigenvalue weighted by Gasteiger charge is 2.33. The molecule has 0 aromatic rings. The highest BCUT2D eigenvalue weighted by Crippen LogP contribution is 2.21. The van der Waals surface area contributed by atoms with Crippen LogP contribution >= 0.6 is 0 Å². The number of Topliss-reactive ketones (excluding diaryl/α,β-unsaturated/α-hetero) is 1. The molecule has 64 valence electrons. The summed E-state index contributed by atoms with van der Waals surface area (Å²) in [6.45, 7) is 4.21. The summed E-state index contributed by atoms with van der Waals surface area (Å²) in [6, 6.07) is 0. The second-order valence-corrected chi connectivity index (χ2v) is 3.03. The zero-order chi connectivity index (χ0) is 8.43. The standard InChI is InChI=1S/C8H14O3/c1-5-4-11-8(10-3)6(2)7(5)9/h5-6,8H,4H2,1-3H3/t5-,6-,8+/m0/s1. The van der Waals surface area contributed by atoms with Crippen LogP contribution in [0.4, 0.5) is 0 Å². The zero-order valence-electron chi connectivity index (χ0n) is 7.16. The van der Waals surface area contributed by atoms with Gasteiger partial charge in [-0.2, -0.15) is 0 Å². The van der Waals surface area contributed by atoms with Gasteiger partial charge in [-0.1, -0.05) is 13.8 Å². The van der Waals surface area contributed by atoms with Crippen molar-refractivity contribution >= 4 is 5.78 Å². The Morgan fingerprint density at radius 1 is 1.55 bits per heavy atom. The molecule has 0 bridgehead atoms. The van der Waals surface area contributed by atoms with Gasteiger partial charge in [0.2, 0.25) is 0 Å². The lowest BCUT2D eigenvalue weighted by atomic mass is 9.93. The first-order chi connectivity index (χ1) is 5.16. The van der Waals surface area contributed by atoms with E-state index in [9.17, 15) is 4.79 Å². The minimum absolute atomic E-state index is 0.0244. The van der Waals surface area contributed by atoms with E-state index >= 15 is 0 Å². The molecular weight excluding hydrogens is 144 g/mol. The van der Waals surface area contributed by atoms with E-state index in [-0.39, 0.29) is 23.9 Å². The summed E-state index contributed by atoms with van der Waals surface area (Å²) in [7, 11) is 1.56. The molecule has 1 heterocycles. The van der Waals surface area contributed by atoms with Gasteiger partial charge in [0.15, 0.2) is 6.29 Å². The van der Waals surface area contributed by atoms with Crippen LogP contribution in [-0.2, 0) is 14.3 Å². The monoisotopic (exact) mass is 158 g/mol. The second-order valence-electron chi connectivity index (χ2n) is 3.03. The van der Waals surface area contributed by atoms with Gasteiger partial charge in [-0.3, -0.25) is 4.79 Å². The Bertz CT molecular complexity index is 155. The molecule has 0 aliphatic carbocycles. The largest absolute Gasteiger partial charge is 0.355 e. The molecule has 0 unspecified atom stereocenters. The van der Waals surface area contributed by atoms with E-state index in [1.807, 2.05) is 13.8 Å². The molecule has 1 aliphatic heterocycles. The molecular formula is C8H14O3. The van der Waals surface area contributed by atoms with Gasteiger partial charge in [-0.25, -0.2) is 0 Å². The third kappa shape index (κ3) is 1.60. The van der Waals surface area contributed by atoms with Gasteiger partial charge < -0.3 is 9.47 Å². The first-order valence-electron chi connectivity index (χ1n) is 3.85. The van der Waals surface area contributed by atoms with Crippen molar-refractivity contribution in [2.75, 3.05) is 13.7 Å². The maximum absolute atomic E-state index is 11.3. The van der Waals surface area contributed by atoms with Crippen LogP contribution in [0.15, 0.2) is 0 Å². The van der Waals surface area contributed by atoms with Crippen LogP contribution < -0.4 is 0 Å². The highest BCUT2D eigenvalue weighted by molar-refractivity contribution is 5.83. The number of hydrogen-bond donors (Lipinski definition) is 0. The molecule has 0 aromatic carbocycles. The van der Waals surface area contributed by atoms with Gasteiger partial charge in [-0.15, -0.1) is 0 Å². The summed E-state index contributed by atoms with van der Waals surface area (Å²) < 4.78 is 10.3. The van der Waals surface area contributed by atoms with Gasteiger partial charge in [0.05, 0.1) is 12.5 Å². The van der Waals surface area contributed by atoms with E-state index in [0.717, 1.165) is 0 Å².